The lowest BCUT2D eigenvalue weighted by atomic mass is 9.95. The van der Waals surface area contributed by atoms with Crippen LogP contribution in [0, 0.1) is 12.8 Å². The van der Waals surface area contributed by atoms with Crippen molar-refractivity contribution < 1.29 is 14.4 Å². The number of rotatable bonds is 9. The molecule has 5 rings (SSSR count). The maximum Gasteiger partial charge on any atom is 0.253 e. The maximum absolute atomic E-state index is 13.5. The number of hydrogen-bond donors (Lipinski definition) is 3. The fraction of sp³-hybridized carbons (Fsp3) is 0.517. The minimum Gasteiger partial charge on any atom is -0.381 e. The van der Waals surface area contributed by atoms with Gasteiger partial charge in [-0.1, -0.05) is 18.5 Å². The van der Waals surface area contributed by atoms with Crippen LogP contribution in [0.3, 0.4) is 0 Å². The highest BCUT2D eigenvalue weighted by Gasteiger charge is 2.42. The van der Waals surface area contributed by atoms with E-state index in [2.05, 4.69) is 20.5 Å². The van der Waals surface area contributed by atoms with Crippen LogP contribution in [0.5, 0.6) is 0 Å². The van der Waals surface area contributed by atoms with Gasteiger partial charge in [0.15, 0.2) is 5.78 Å². The first-order chi connectivity index (χ1) is 18.2. The topological polar surface area (TPSA) is 117 Å². The molecule has 2 aliphatic heterocycles. The summed E-state index contributed by atoms with van der Waals surface area (Å²) < 4.78 is 0. The third-order valence-electron chi connectivity index (χ3n) is 8.27. The Hall–Kier alpha value is -3.13. The summed E-state index contributed by atoms with van der Waals surface area (Å²) in [5.74, 6) is 0.458. The fourth-order valence-electron chi connectivity index (χ4n) is 5.93. The van der Waals surface area contributed by atoms with E-state index < -0.39 is 5.91 Å². The van der Waals surface area contributed by atoms with Gasteiger partial charge in [-0.3, -0.25) is 14.4 Å². The summed E-state index contributed by atoms with van der Waals surface area (Å²) in [6, 6.07) is 6.12. The first-order valence-electron chi connectivity index (χ1n) is 13.7. The molecule has 38 heavy (non-hydrogen) atoms. The molecule has 1 unspecified atom stereocenters. The van der Waals surface area contributed by atoms with Crippen LogP contribution in [0.2, 0.25) is 5.02 Å². The lowest BCUT2D eigenvalue weighted by Crippen LogP contribution is -2.51. The summed E-state index contributed by atoms with van der Waals surface area (Å²) in [6.07, 6.45) is 8.20. The molecule has 3 aliphatic rings. The second-order valence-corrected chi connectivity index (χ2v) is 11.5. The van der Waals surface area contributed by atoms with E-state index in [-0.39, 0.29) is 52.4 Å². The van der Waals surface area contributed by atoms with Gasteiger partial charge in [0.05, 0.1) is 21.8 Å². The minimum absolute atomic E-state index is 0.00391. The average molecular weight is 538 g/mol. The number of carbonyl (C=O) groups excluding carboxylic acids is 3. The van der Waals surface area contributed by atoms with E-state index in [1.807, 2.05) is 26.0 Å². The fourth-order valence-corrected chi connectivity index (χ4v) is 6.32. The van der Waals surface area contributed by atoms with Crippen molar-refractivity contribution in [2.75, 3.05) is 10.2 Å². The van der Waals surface area contributed by atoms with Crippen LogP contribution in [0.4, 0.5) is 11.5 Å². The molecule has 9 heteroatoms. The molecular formula is C29H36ClN5O3. The van der Waals surface area contributed by atoms with E-state index in [0.29, 0.717) is 22.4 Å². The largest absolute Gasteiger partial charge is 0.381 e. The highest BCUT2D eigenvalue weighted by Crippen LogP contribution is 2.40. The molecule has 2 aromatic rings. The quantitative estimate of drug-likeness (QED) is 0.393. The number of carbonyl (C=O) groups is 3. The number of piperidine rings is 1. The molecule has 202 valence electrons. The van der Waals surface area contributed by atoms with Crippen LogP contribution in [-0.2, 0) is 0 Å². The van der Waals surface area contributed by atoms with E-state index >= 15 is 0 Å². The molecule has 3 heterocycles. The predicted molar refractivity (Wildman–Crippen MR) is 149 cm³/mol. The number of halogens is 1. The number of amides is 2. The number of nitrogens with one attached hydrogen (secondary N) is 2. The Morgan fingerprint density at radius 3 is 2.39 bits per heavy atom. The number of nitrogens with two attached hydrogens (primary N) is 1. The van der Waals surface area contributed by atoms with Gasteiger partial charge >= 0.3 is 0 Å². The number of Topliss-reactive ketones (excluding diaryl/α,β-unsaturated/α-hetero) is 1. The monoisotopic (exact) mass is 537 g/mol. The van der Waals surface area contributed by atoms with Crippen LogP contribution < -0.4 is 21.3 Å². The molecule has 1 aliphatic carbocycles. The van der Waals surface area contributed by atoms with E-state index in [9.17, 15) is 14.4 Å². The third kappa shape index (κ3) is 5.10. The smallest absolute Gasteiger partial charge is 0.253 e. The third-order valence-corrected chi connectivity index (χ3v) is 8.65. The number of fused-ring (bicyclic) bond motifs is 2. The van der Waals surface area contributed by atoms with Crippen LogP contribution in [0.25, 0.3) is 0 Å². The second-order valence-electron chi connectivity index (χ2n) is 11.1. The Morgan fingerprint density at radius 2 is 1.84 bits per heavy atom. The summed E-state index contributed by atoms with van der Waals surface area (Å²) in [6.45, 7) is 5.78. The molecule has 1 aromatic carbocycles. The minimum atomic E-state index is -0.588. The van der Waals surface area contributed by atoms with E-state index in [1.165, 1.54) is 0 Å². The second kappa shape index (κ2) is 10.6. The molecule has 2 amide bonds. The van der Waals surface area contributed by atoms with Gasteiger partial charge in [0.1, 0.15) is 5.82 Å². The molecule has 4 atom stereocenters. The van der Waals surface area contributed by atoms with Gasteiger partial charge in [0.2, 0.25) is 0 Å². The van der Waals surface area contributed by atoms with Crippen LogP contribution in [0.1, 0.15) is 95.4 Å². The lowest BCUT2D eigenvalue weighted by molar-refractivity contribution is 0.0923. The molecule has 2 saturated heterocycles. The van der Waals surface area contributed by atoms with Crippen molar-refractivity contribution in [3.05, 3.63) is 51.7 Å². The maximum atomic E-state index is 13.5. The van der Waals surface area contributed by atoms with Gasteiger partial charge in [-0.2, -0.15) is 0 Å². The number of primary amides is 1. The molecule has 0 spiro atoms. The van der Waals surface area contributed by atoms with Crippen LogP contribution >= 0.6 is 11.6 Å². The Kier molecular flexibility index (Phi) is 7.36. The number of pyridine rings is 1. The molecule has 1 saturated carbocycles. The standard InChI is InChI=1S/C29H36ClN5O3/c1-4-16(3)33-26-22(28(31)37)11-15(2)24(25(26)30)29(38)34-19-12-20-8-9-21(13-19)35(20)23-10-7-18(14-32-23)27(36)17-5-6-17/h7,10-11,14,16-17,19-21,33H,4-6,8-9,12-13H2,1-3H3,(H2,31,37)(H,34,38)/t16-,19?,20-,21+/m1/s1. The Morgan fingerprint density at radius 1 is 1.16 bits per heavy atom. The van der Waals surface area contributed by atoms with E-state index in [4.69, 9.17) is 17.3 Å². The zero-order valence-corrected chi connectivity index (χ0v) is 23.0. The van der Waals surface area contributed by atoms with Crippen molar-refractivity contribution in [2.45, 2.75) is 89.9 Å². The summed E-state index contributed by atoms with van der Waals surface area (Å²) >= 11 is 6.74. The van der Waals surface area contributed by atoms with Crippen molar-refractivity contribution in [1.29, 1.82) is 0 Å². The van der Waals surface area contributed by atoms with Gasteiger partial charge in [-0.15, -0.1) is 0 Å². The molecule has 8 nitrogen and oxygen atoms in total. The molecule has 2 bridgehead atoms. The Balaban J connectivity index is 1.30. The Labute approximate surface area is 228 Å². The van der Waals surface area contributed by atoms with Gasteiger partial charge in [0, 0.05) is 41.8 Å². The van der Waals surface area contributed by atoms with Crippen molar-refractivity contribution in [3.8, 4) is 0 Å². The first-order valence-corrected chi connectivity index (χ1v) is 14.0. The summed E-state index contributed by atoms with van der Waals surface area (Å²) in [5, 5.41) is 6.70. The number of benzene rings is 1. The number of nitrogens with zero attached hydrogens (tertiary/aromatic N) is 2. The van der Waals surface area contributed by atoms with Crippen LogP contribution in [-0.4, -0.2) is 46.7 Å². The SMILES string of the molecule is CC[C@@H](C)Nc1c(C(N)=O)cc(C)c(C(=O)NC2C[C@H]3CC[C@@H](C2)N3c2ccc(C(=O)C3CC3)cn2)c1Cl. The zero-order chi connectivity index (χ0) is 27.1. The number of aromatic nitrogens is 1. The summed E-state index contributed by atoms with van der Waals surface area (Å²) in [4.78, 5) is 45.0. The van der Waals surface area contributed by atoms with E-state index in [0.717, 1.165) is 50.8 Å². The summed E-state index contributed by atoms with van der Waals surface area (Å²) in [7, 11) is 0. The Bertz CT molecular complexity index is 1250. The zero-order valence-electron chi connectivity index (χ0n) is 22.2. The highest BCUT2D eigenvalue weighted by molar-refractivity contribution is 6.37. The van der Waals surface area contributed by atoms with Gasteiger partial charge in [-0.25, -0.2) is 4.98 Å². The van der Waals surface area contributed by atoms with Crippen LogP contribution in [0.15, 0.2) is 24.4 Å². The number of aryl methyl sites for hydroxylation is 1. The van der Waals surface area contributed by atoms with Crippen molar-refractivity contribution in [2.24, 2.45) is 11.7 Å². The van der Waals surface area contributed by atoms with Gasteiger partial charge < -0.3 is 21.3 Å². The summed E-state index contributed by atoms with van der Waals surface area (Å²) in [5.41, 5.74) is 7.99. The van der Waals surface area contributed by atoms with Gasteiger partial charge in [0.25, 0.3) is 11.8 Å². The molecule has 0 radical (unpaired) electrons. The molecule has 1 aromatic heterocycles. The molecule has 3 fully saturated rings. The van der Waals surface area contributed by atoms with Crippen molar-refractivity contribution in [1.82, 2.24) is 10.3 Å². The lowest BCUT2D eigenvalue weighted by Gasteiger charge is -2.40. The van der Waals surface area contributed by atoms with E-state index in [1.54, 1.807) is 19.2 Å². The number of anilines is 2. The number of hydrogen-bond acceptors (Lipinski definition) is 6. The average Bonchev–Trinajstić information content (AvgIpc) is 3.70. The normalized spacial score (nSPS) is 23.2. The predicted octanol–water partition coefficient (Wildman–Crippen LogP) is 4.88. The highest BCUT2D eigenvalue weighted by atomic mass is 35.5. The number of ketones is 1. The van der Waals surface area contributed by atoms with Crippen molar-refractivity contribution >= 4 is 40.7 Å². The van der Waals surface area contributed by atoms with Gasteiger partial charge in [-0.05, 0) is 82.6 Å². The molecular weight excluding hydrogens is 502 g/mol. The molecule has 4 N–H and O–H groups in total. The van der Waals surface area contributed by atoms with Crippen molar-refractivity contribution in [3.63, 3.8) is 0 Å². The first kappa shape index (κ1) is 26.5.